The first kappa shape index (κ1) is 21.2. The van der Waals surface area contributed by atoms with Gasteiger partial charge in [0.1, 0.15) is 18.5 Å². The van der Waals surface area contributed by atoms with Crippen molar-refractivity contribution in [3.05, 3.63) is 76.9 Å². The monoisotopic (exact) mass is 445 g/mol. The zero-order chi connectivity index (χ0) is 22.9. The fourth-order valence-corrected chi connectivity index (χ4v) is 5.13. The number of hydrogen-bond acceptors (Lipinski definition) is 4. The van der Waals surface area contributed by atoms with Gasteiger partial charge < -0.3 is 19.7 Å². The van der Waals surface area contributed by atoms with Gasteiger partial charge in [-0.3, -0.25) is 0 Å². The van der Waals surface area contributed by atoms with Crippen LogP contribution in [0.25, 0.3) is 11.1 Å². The molecule has 0 aliphatic heterocycles. The molecule has 0 saturated carbocycles. The minimum atomic E-state index is -1.10. The summed E-state index contributed by atoms with van der Waals surface area (Å²) in [7, 11) is 0. The molecular formula is C26H27N3O4. The molecule has 5 rings (SSSR count). The Morgan fingerprint density at radius 3 is 2.39 bits per heavy atom. The molecule has 1 heterocycles. The van der Waals surface area contributed by atoms with Crippen molar-refractivity contribution in [1.82, 2.24) is 14.9 Å². The first-order valence-electron chi connectivity index (χ1n) is 11.4. The molecule has 2 N–H and O–H groups in total. The van der Waals surface area contributed by atoms with Gasteiger partial charge in [0.25, 0.3) is 0 Å². The Bertz CT molecular complexity index is 1170. The van der Waals surface area contributed by atoms with Gasteiger partial charge >= 0.3 is 12.1 Å². The zero-order valence-electron chi connectivity index (χ0n) is 18.6. The fraction of sp³-hybridized carbons (Fsp3) is 0.346. The van der Waals surface area contributed by atoms with Gasteiger partial charge in [-0.05, 0) is 54.9 Å². The topological polar surface area (TPSA) is 93.5 Å². The van der Waals surface area contributed by atoms with E-state index in [9.17, 15) is 14.7 Å². The highest BCUT2D eigenvalue weighted by molar-refractivity contribution is 5.81. The van der Waals surface area contributed by atoms with E-state index < -0.39 is 18.1 Å². The molecule has 170 valence electrons. The largest absolute Gasteiger partial charge is 0.480 e. The molecule has 1 amide bonds. The number of imidazole rings is 1. The van der Waals surface area contributed by atoms with Crippen molar-refractivity contribution in [2.75, 3.05) is 6.61 Å². The molecule has 3 aromatic rings. The third-order valence-electron chi connectivity index (χ3n) is 6.72. The number of carboxylic acids is 1. The molecule has 0 fully saturated rings. The van der Waals surface area contributed by atoms with Gasteiger partial charge in [0, 0.05) is 11.6 Å². The Labute approximate surface area is 192 Å². The molecule has 7 nitrogen and oxygen atoms in total. The fourth-order valence-electron chi connectivity index (χ4n) is 5.13. The predicted molar refractivity (Wildman–Crippen MR) is 123 cm³/mol. The van der Waals surface area contributed by atoms with Gasteiger partial charge in [-0.1, -0.05) is 48.5 Å². The summed E-state index contributed by atoms with van der Waals surface area (Å²) < 4.78 is 7.47. The molecule has 2 aromatic carbocycles. The number of carboxylic acid groups (broad SMARTS) is 1. The molecule has 1 unspecified atom stereocenters. The van der Waals surface area contributed by atoms with Crippen LogP contribution in [0.5, 0.6) is 0 Å². The molecule has 0 spiro atoms. The number of benzene rings is 2. The highest BCUT2D eigenvalue weighted by Gasteiger charge is 2.30. The van der Waals surface area contributed by atoms with Crippen LogP contribution in [0.15, 0.2) is 48.5 Å². The number of nitrogens with zero attached hydrogens (tertiary/aromatic N) is 2. The first-order valence-corrected chi connectivity index (χ1v) is 11.4. The van der Waals surface area contributed by atoms with Crippen molar-refractivity contribution >= 4 is 12.1 Å². The van der Waals surface area contributed by atoms with E-state index in [0.717, 1.165) is 65.1 Å². The Balaban J connectivity index is 1.28. The lowest BCUT2D eigenvalue weighted by Crippen LogP contribution is -2.44. The van der Waals surface area contributed by atoms with Crippen LogP contribution in [0.1, 0.15) is 47.1 Å². The Morgan fingerprint density at radius 1 is 1.09 bits per heavy atom. The van der Waals surface area contributed by atoms with E-state index in [1.165, 1.54) is 0 Å². The van der Waals surface area contributed by atoms with E-state index in [2.05, 4.69) is 22.4 Å². The summed E-state index contributed by atoms with van der Waals surface area (Å²) in [5, 5.41) is 12.3. The van der Waals surface area contributed by atoms with Gasteiger partial charge in [-0.15, -0.1) is 0 Å². The summed E-state index contributed by atoms with van der Waals surface area (Å²) in [6.07, 6.45) is 3.24. The molecule has 0 radical (unpaired) electrons. The number of rotatable bonds is 6. The van der Waals surface area contributed by atoms with Crippen LogP contribution in [0.4, 0.5) is 4.79 Å². The quantitative estimate of drug-likeness (QED) is 0.597. The highest BCUT2D eigenvalue weighted by atomic mass is 16.5. The molecule has 0 saturated heterocycles. The number of nitrogens with one attached hydrogen (secondary N) is 1. The van der Waals surface area contributed by atoms with Crippen LogP contribution in [0.2, 0.25) is 0 Å². The maximum Gasteiger partial charge on any atom is 0.407 e. The molecule has 0 bridgehead atoms. The summed E-state index contributed by atoms with van der Waals surface area (Å²) in [5.41, 5.74) is 6.64. The number of fused-ring (bicyclic) bond motifs is 4. The van der Waals surface area contributed by atoms with Crippen molar-refractivity contribution < 1.29 is 19.4 Å². The third-order valence-corrected chi connectivity index (χ3v) is 6.72. The molecule has 1 atom stereocenters. The third kappa shape index (κ3) is 3.99. The average molecular weight is 446 g/mol. The van der Waals surface area contributed by atoms with Crippen LogP contribution >= 0.6 is 0 Å². The summed E-state index contributed by atoms with van der Waals surface area (Å²) in [6.45, 7) is 2.16. The van der Waals surface area contributed by atoms with E-state index in [-0.39, 0.29) is 19.1 Å². The number of ether oxygens (including phenoxy) is 1. The lowest BCUT2D eigenvalue weighted by atomic mass is 9.98. The summed E-state index contributed by atoms with van der Waals surface area (Å²) >= 11 is 0. The van der Waals surface area contributed by atoms with E-state index >= 15 is 0 Å². The average Bonchev–Trinajstić information content (AvgIpc) is 3.31. The number of aliphatic carboxylic acids is 1. The minimum Gasteiger partial charge on any atom is -0.480 e. The Kier molecular flexibility index (Phi) is 5.62. The number of amides is 1. The second-order valence-corrected chi connectivity index (χ2v) is 8.73. The van der Waals surface area contributed by atoms with Gasteiger partial charge in [0.05, 0.1) is 12.2 Å². The van der Waals surface area contributed by atoms with E-state index in [4.69, 9.17) is 4.74 Å². The van der Waals surface area contributed by atoms with E-state index in [1.807, 2.05) is 47.9 Å². The van der Waals surface area contributed by atoms with Gasteiger partial charge in [-0.2, -0.15) is 0 Å². The molecule has 2 aliphatic carbocycles. The van der Waals surface area contributed by atoms with Crippen LogP contribution < -0.4 is 5.32 Å². The normalized spacial score (nSPS) is 15.3. The van der Waals surface area contributed by atoms with Crippen molar-refractivity contribution in [2.45, 2.75) is 51.1 Å². The molecular weight excluding hydrogens is 418 g/mol. The number of aryl methyl sites for hydroxylation is 2. The zero-order valence-corrected chi connectivity index (χ0v) is 18.6. The summed E-state index contributed by atoms with van der Waals surface area (Å²) in [5.74, 6) is -0.391. The first-order chi connectivity index (χ1) is 16.0. The smallest absolute Gasteiger partial charge is 0.407 e. The van der Waals surface area contributed by atoms with Crippen LogP contribution in [-0.2, 0) is 28.9 Å². The van der Waals surface area contributed by atoms with E-state index in [0.29, 0.717) is 0 Å². The van der Waals surface area contributed by atoms with Crippen LogP contribution in [0.3, 0.4) is 0 Å². The SMILES string of the molecule is Cc1nc2c(n1CC(NC(=O)OCC1c3ccccc3-c3ccccc31)C(=O)O)CCCC2. The van der Waals surface area contributed by atoms with Crippen LogP contribution in [-0.4, -0.2) is 39.4 Å². The molecule has 7 heteroatoms. The summed E-state index contributed by atoms with van der Waals surface area (Å²) in [6, 6.07) is 15.1. The standard InChI is InChI=1S/C26H27N3O4/c1-16-27-22-12-6-7-13-24(22)29(16)14-23(25(30)31)28-26(32)33-15-21-19-10-4-2-8-17(19)18-9-3-5-11-20(18)21/h2-5,8-11,21,23H,6-7,12-15H2,1H3,(H,28,32)(H,30,31). The lowest BCUT2D eigenvalue weighted by molar-refractivity contribution is -0.139. The number of alkyl carbamates (subject to hydrolysis) is 1. The Morgan fingerprint density at radius 2 is 1.73 bits per heavy atom. The van der Waals surface area contributed by atoms with Gasteiger partial charge in [0.2, 0.25) is 0 Å². The predicted octanol–water partition coefficient (Wildman–Crippen LogP) is 4.06. The molecule has 1 aromatic heterocycles. The molecule has 33 heavy (non-hydrogen) atoms. The van der Waals surface area contributed by atoms with Gasteiger partial charge in [0.15, 0.2) is 0 Å². The number of carbonyl (C=O) groups excluding carboxylic acids is 1. The lowest BCUT2D eigenvalue weighted by Gasteiger charge is -2.20. The highest BCUT2D eigenvalue weighted by Crippen LogP contribution is 2.44. The van der Waals surface area contributed by atoms with Crippen LogP contribution in [0, 0.1) is 6.92 Å². The van der Waals surface area contributed by atoms with Crippen molar-refractivity contribution in [2.24, 2.45) is 0 Å². The van der Waals surface area contributed by atoms with Crippen molar-refractivity contribution in [3.8, 4) is 11.1 Å². The number of carbonyl (C=O) groups is 2. The maximum atomic E-state index is 12.6. The minimum absolute atomic E-state index is 0.0747. The number of aromatic nitrogens is 2. The Hall–Kier alpha value is -3.61. The van der Waals surface area contributed by atoms with E-state index in [1.54, 1.807) is 0 Å². The van der Waals surface area contributed by atoms with Crippen molar-refractivity contribution in [3.63, 3.8) is 0 Å². The van der Waals surface area contributed by atoms with Crippen molar-refractivity contribution in [1.29, 1.82) is 0 Å². The maximum absolute atomic E-state index is 12.6. The number of hydrogen-bond donors (Lipinski definition) is 2. The second kappa shape index (κ2) is 8.73. The van der Waals surface area contributed by atoms with Gasteiger partial charge in [-0.25, -0.2) is 14.6 Å². The molecule has 2 aliphatic rings. The summed E-state index contributed by atoms with van der Waals surface area (Å²) in [4.78, 5) is 29.1. The second-order valence-electron chi connectivity index (χ2n) is 8.73.